The average molecular weight is 393 g/mol. The molecule has 0 fully saturated rings. The van der Waals surface area contributed by atoms with Gasteiger partial charge in [0.1, 0.15) is 17.8 Å². The van der Waals surface area contributed by atoms with Gasteiger partial charge in [0.05, 0.1) is 21.7 Å². The Morgan fingerprint density at radius 1 is 1.46 bits per heavy atom. The molecule has 0 amide bonds. The largest absolute Gasteiger partial charge is 0.490 e. The zero-order valence-electron chi connectivity index (χ0n) is 13.3. The Hall–Kier alpha value is -2.48. The molecule has 1 N–H and O–H groups in total. The fourth-order valence-electron chi connectivity index (χ4n) is 1.73. The zero-order valence-corrected chi connectivity index (χ0v) is 14.9. The Balaban J connectivity index is 1.99. The van der Waals surface area contributed by atoms with Crippen LogP contribution < -0.4 is 10.2 Å². The second-order valence-electron chi connectivity index (χ2n) is 5.06. The summed E-state index contributed by atoms with van der Waals surface area (Å²) in [7, 11) is 0. The van der Waals surface area contributed by atoms with E-state index in [0.717, 1.165) is 22.2 Å². The van der Waals surface area contributed by atoms with Crippen LogP contribution in [0, 0.1) is 10.1 Å². The number of anilines is 1. The highest BCUT2D eigenvalue weighted by Gasteiger charge is 2.06. The summed E-state index contributed by atoms with van der Waals surface area (Å²) in [4.78, 5) is 14.0. The van der Waals surface area contributed by atoms with Crippen molar-refractivity contribution in [3.63, 3.8) is 0 Å². The second kappa shape index (κ2) is 8.39. The molecule has 2 rings (SSSR count). The molecule has 0 aliphatic carbocycles. The minimum atomic E-state index is -0.499. The van der Waals surface area contributed by atoms with Crippen LogP contribution in [0.3, 0.4) is 0 Å². The molecule has 126 valence electrons. The van der Waals surface area contributed by atoms with E-state index in [0.29, 0.717) is 5.82 Å². The topological polar surface area (TPSA) is 89.6 Å². The molecule has 1 heterocycles. The van der Waals surface area contributed by atoms with E-state index in [9.17, 15) is 10.1 Å². The minimum Gasteiger partial charge on any atom is -0.490 e. The van der Waals surface area contributed by atoms with Crippen LogP contribution in [-0.4, -0.2) is 22.2 Å². The van der Waals surface area contributed by atoms with E-state index in [2.05, 4.69) is 38.4 Å². The quantitative estimate of drug-likeness (QED) is 0.429. The number of hydrogen-bond donors (Lipinski definition) is 1. The number of pyridine rings is 1. The van der Waals surface area contributed by atoms with Crippen molar-refractivity contribution in [1.29, 1.82) is 0 Å². The third-order valence-electron chi connectivity index (χ3n) is 3.21. The maximum atomic E-state index is 10.6. The summed E-state index contributed by atoms with van der Waals surface area (Å²) in [5, 5.41) is 14.6. The molecule has 24 heavy (non-hydrogen) atoms. The fourth-order valence-corrected chi connectivity index (χ4v) is 2.22. The Morgan fingerprint density at radius 3 is 2.83 bits per heavy atom. The summed E-state index contributed by atoms with van der Waals surface area (Å²) in [5.41, 5.74) is 3.53. The average Bonchev–Trinajstić information content (AvgIpc) is 2.57. The number of aromatic nitrogens is 1. The predicted molar refractivity (Wildman–Crippen MR) is 96.6 cm³/mol. The van der Waals surface area contributed by atoms with Gasteiger partial charge in [0.2, 0.25) is 0 Å². The molecule has 1 atom stereocenters. The number of ether oxygens (including phenoxy) is 1. The Bertz CT molecular complexity index is 735. The number of benzene rings is 1. The molecule has 0 aliphatic heterocycles. The second-order valence-corrected chi connectivity index (χ2v) is 5.91. The van der Waals surface area contributed by atoms with Crippen molar-refractivity contribution >= 4 is 33.6 Å². The van der Waals surface area contributed by atoms with Crippen LogP contribution in [0.4, 0.5) is 11.5 Å². The number of hydrogen-bond acceptors (Lipinski definition) is 6. The maximum Gasteiger partial charge on any atom is 0.287 e. The molecule has 7 nitrogen and oxygen atoms in total. The van der Waals surface area contributed by atoms with Crippen LogP contribution in [-0.2, 0) is 0 Å². The van der Waals surface area contributed by atoms with Crippen LogP contribution in [0.15, 0.2) is 46.1 Å². The molecule has 0 unspecified atom stereocenters. The van der Waals surface area contributed by atoms with E-state index >= 15 is 0 Å². The standard InChI is InChI=1S/C16H17BrN4O3/c1-3-11(2)24-15-6-4-12(8-14(15)17)9-19-20-16-7-5-13(10-18-16)21(22)23/h4-11H,3H2,1-2H3,(H,18,20)/t11-/m1/s1. The lowest BCUT2D eigenvalue weighted by Crippen LogP contribution is -2.10. The van der Waals surface area contributed by atoms with Crippen molar-refractivity contribution in [2.24, 2.45) is 5.10 Å². The Labute approximate surface area is 148 Å². The van der Waals surface area contributed by atoms with Gasteiger partial charge in [-0.2, -0.15) is 5.10 Å². The summed E-state index contributed by atoms with van der Waals surface area (Å²) >= 11 is 3.48. The van der Waals surface area contributed by atoms with Crippen LogP contribution in [0.1, 0.15) is 25.8 Å². The molecule has 0 radical (unpaired) electrons. The van der Waals surface area contributed by atoms with Crippen LogP contribution in [0.25, 0.3) is 0 Å². The molecule has 8 heteroatoms. The van der Waals surface area contributed by atoms with Gasteiger partial charge in [-0.25, -0.2) is 4.98 Å². The molecular weight excluding hydrogens is 376 g/mol. The van der Waals surface area contributed by atoms with Gasteiger partial charge in [-0.05, 0) is 59.1 Å². The molecule has 0 spiro atoms. The van der Waals surface area contributed by atoms with E-state index in [-0.39, 0.29) is 11.8 Å². The first-order valence-corrected chi connectivity index (χ1v) is 8.14. The molecule has 0 saturated heterocycles. The Kier molecular flexibility index (Phi) is 6.25. The lowest BCUT2D eigenvalue weighted by Gasteiger charge is -2.14. The van der Waals surface area contributed by atoms with E-state index in [1.54, 1.807) is 6.21 Å². The molecule has 0 aliphatic rings. The molecule has 2 aromatic rings. The minimum absolute atomic E-state index is 0.0645. The fraction of sp³-hybridized carbons (Fsp3) is 0.250. The van der Waals surface area contributed by atoms with Crippen LogP contribution in [0.2, 0.25) is 0 Å². The van der Waals surface area contributed by atoms with E-state index in [4.69, 9.17) is 4.74 Å². The third-order valence-corrected chi connectivity index (χ3v) is 3.83. The molecular formula is C16H17BrN4O3. The van der Waals surface area contributed by atoms with Gasteiger partial charge in [0.25, 0.3) is 5.69 Å². The summed E-state index contributed by atoms with van der Waals surface area (Å²) in [6, 6.07) is 8.52. The van der Waals surface area contributed by atoms with Gasteiger partial charge >= 0.3 is 0 Å². The molecule has 0 bridgehead atoms. The first-order chi connectivity index (χ1) is 11.5. The monoisotopic (exact) mass is 392 g/mol. The van der Waals surface area contributed by atoms with Gasteiger partial charge in [-0.15, -0.1) is 0 Å². The number of hydrazone groups is 1. The van der Waals surface area contributed by atoms with Gasteiger partial charge < -0.3 is 4.74 Å². The van der Waals surface area contributed by atoms with Gasteiger partial charge in [-0.3, -0.25) is 15.5 Å². The number of rotatable bonds is 7. The molecule has 0 saturated carbocycles. The summed E-state index contributed by atoms with van der Waals surface area (Å²) < 4.78 is 6.63. The van der Waals surface area contributed by atoms with Gasteiger partial charge in [0.15, 0.2) is 0 Å². The maximum absolute atomic E-state index is 10.6. The smallest absolute Gasteiger partial charge is 0.287 e. The van der Waals surface area contributed by atoms with Crippen LogP contribution in [0.5, 0.6) is 5.75 Å². The summed E-state index contributed by atoms with van der Waals surface area (Å²) in [6.45, 7) is 4.08. The predicted octanol–water partition coefficient (Wildman–Crippen LogP) is 4.38. The lowest BCUT2D eigenvalue weighted by atomic mass is 10.2. The van der Waals surface area contributed by atoms with Gasteiger partial charge in [-0.1, -0.05) is 6.92 Å². The van der Waals surface area contributed by atoms with Crippen molar-refractivity contribution < 1.29 is 9.66 Å². The normalized spacial score (nSPS) is 12.1. The SMILES string of the molecule is CC[C@@H](C)Oc1ccc(C=NNc2ccc([N+](=O)[O-])cn2)cc1Br. The zero-order chi connectivity index (χ0) is 17.5. The first-order valence-electron chi connectivity index (χ1n) is 7.35. The number of halogens is 1. The summed E-state index contributed by atoms with van der Waals surface area (Å²) in [6.07, 6.45) is 3.88. The number of nitro groups is 1. The van der Waals surface area contributed by atoms with E-state index in [1.165, 1.54) is 18.3 Å². The highest BCUT2D eigenvalue weighted by molar-refractivity contribution is 9.10. The van der Waals surface area contributed by atoms with Gasteiger partial charge in [0, 0.05) is 6.07 Å². The van der Waals surface area contributed by atoms with E-state index in [1.807, 2.05) is 25.1 Å². The third kappa shape index (κ3) is 5.02. The highest BCUT2D eigenvalue weighted by Crippen LogP contribution is 2.26. The number of nitrogens with zero attached hydrogens (tertiary/aromatic N) is 3. The van der Waals surface area contributed by atoms with Crippen molar-refractivity contribution in [2.45, 2.75) is 26.4 Å². The van der Waals surface area contributed by atoms with Crippen molar-refractivity contribution in [3.05, 3.63) is 56.7 Å². The van der Waals surface area contributed by atoms with Crippen molar-refractivity contribution in [2.75, 3.05) is 5.43 Å². The lowest BCUT2D eigenvalue weighted by molar-refractivity contribution is -0.385. The highest BCUT2D eigenvalue weighted by atomic mass is 79.9. The Morgan fingerprint density at radius 2 is 2.25 bits per heavy atom. The van der Waals surface area contributed by atoms with Crippen LogP contribution >= 0.6 is 15.9 Å². The first kappa shape index (κ1) is 17.9. The van der Waals surface area contributed by atoms with Crippen molar-refractivity contribution in [3.8, 4) is 5.75 Å². The summed E-state index contributed by atoms with van der Waals surface area (Å²) in [5.74, 6) is 1.21. The van der Waals surface area contributed by atoms with E-state index < -0.39 is 4.92 Å². The number of nitrogens with one attached hydrogen (secondary N) is 1. The molecule has 1 aromatic heterocycles. The molecule has 1 aromatic carbocycles. The van der Waals surface area contributed by atoms with Crippen molar-refractivity contribution in [1.82, 2.24) is 4.98 Å².